The Morgan fingerprint density at radius 1 is 0.848 bits per heavy atom. The molecule has 8 heteroatoms. The quantitative estimate of drug-likeness (QED) is 0.565. The summed E-state index contributed by atoms with van der Waals surface area (Å²) >= 11 is 1.73. The summed E-state index contributed by atoms with van der Waals surface area (Å²) in [6.07, 6.45) is 1.19. The summed E-state index contributed by atoms with van der Waals surface area (Å²) in [6.45, 7) is 4.44. The van der Waals surface area contributed by atoms with Crippen molar-refractivity contribution in [1.82, 2.24) is 19.8 Å². The molecule has 5 rings (SSSR count). The summed E-state index contributed by atoms with van der Waals surface area (Å²) in [7, 11) is 0. The molecule has 7 nitrogen and oxygen atoms in total. The largest absolute Gasteiger partial charge is 0.340 e. The summed E-state index contributed by atoms with van der Waals surface area (Å²) in [5.74, 6) is -0.0294. The van der Waals surface area contributed by atoms with Crippen LogP contribution in [0.3, 0.4) is 0 Å². The second kappa shape index (κ2) is 9.80. The molecule has 0 aliphatic carbocycles. The number of piperazine rings is 1. The molecule has 33 heavy (non-hydrogen) atoms. The lowest BCUT2D eigenvalue weighted by atomic mass is 10.1. The highest BCUT2D eigenvalue weighted by atomic mass is 32.1. The van der Waals surface area contributed by atoms with Gasteiger partial charge < -0.3 is 4.90 Å². The normalized spacial score (nSPS) is 16.9. The van der Waals surface area contributed by atoms with Crippen LogP contribution in [-0.4, -0.2) is 70.0 Å². The Bertz CT molecular complexity index is 1130. The minimum atomic E-state index is -0.0799. The molecule has 0 N–H and O–H groups in total. The lowest BCUT2D eigenvalue weighted by molar-refractivity contribution is -0.137. The molecule has 2 amide bonds. The number of nitrogens with zero attached hydrogens (tertiary/aromatic N) is 5. The van der Waals surface area contributed by atoms with E-state index in [1.807, 2.05) is 53.4 Å². The number of carbonyl (C=O) groups is 2. The van der Waals surface area contributed by atoms with E-state index in [9.17, 15) is 9.59 Å². The first-order valence-corrected chi connectivity index (χ1v) is 12.3. The van der Waals surface area contributed by atoms with Crippen molar-refractivity contribution >= 4 is 39.1 Å². The highest BCUT2D eigenvalue weighted by Gasteiger charge is 2.25. The van der Waals surface area contributed by atoms with Crippen molar-refractivity contribution in [2.45, 2.75) is 25.8 Å². The number of benzene rings is 2. The van der Waals surface area contributed by atoms with Crippen LogP contribution in [0.1, 0.15) is 29.8 Å². The highest BCUT2D eigenvalue weighted by Crippen LogP contribution is 2.23. The molecule has 0 spiro atoms. The maximum absolute atomic E-state index is 12.7. The van der Waals surface area contributed by atoms with Crippen molar-refractivity contribution in [3.05, 3.63) is 65.2 Å². The molecular weight excluding hydrogens is 434 g/mol. The van der Waals surface area contributed by atoms with Crippen LogP contribution < -0.4 is 0 Å². The number of amides is 2. The first-order chi connectivity index (χ1) is 16.2. The van der Waals surface area contributed by atoms with E-state index >= 15 is 0 Å². The molecule has 1 aromatic heterocycles. The van der Waals surface area contributed by atoms with Crippen molar-refractivity contribution in [3.8, 4) is 0 Å². The molecule has 170 valence electrons. The number of hydrogen-bond acceptors (Lipinski definition) is 6. The zero-order chi connectivity index (χ0) is 22.6. The fourth-order valence-corrected chi connectivity index (χ4v) is 5.32. The average molecular weight is 462 g/mol. The summed E-state index contributed by atoms with van der Waals surface area (Å²) in [5, 5.41) is 7.11. The second-order valence-corrected chi connectivity index (χ2v) is 9.53. The van der Waals surface area contributed by atoms with Gasteiger partial charge in [-0.05, 0) is 17.7 Å². The predicted octanol–water partition coefficient (Wildman–Crippen LogP) is 3.36. The Labute approximate surface area is 197 Å². The van der Waals surface area contributed by atoms with Gasteiger partial charge in [0.2, 0.25) is 11.8 Å². The number of hydrogen-bond donors (Lipinski definition) is 0. The van der Waals surface area contributed by atoms with Crippen LogP contribution in [0, 0.1) is 0 Å². The molecule has 2 aliphatic rings. The zero-order valence-electron chi connectivity index (χ0n) is 18.5. The van der Waals surface area contributed by atoms with Gasteiger partial charge in [-0.1, -0.05) is 42.5 Å². The molecule has 1 fully saturated rings. The van der Waals surface area contributed by atoms with E-state index in [1.165, 1.54) is 9.71 Å². The van der Waals surface area contributed by atoms with Gasteiger partial charge in [0, 0.05) is 45.4 Å². The molecule has 1 saturated heterocycles. The maximum Gasteiger partial charge on any atom is 0.243 e. The first kappa shape index (κ1) is 21.7. The number of thiazole rings is 1. The summed E-state index contributed by atoms with van der Waals surface area (Å²) < 4.78 is 1.21. The van der Waals surface area contributed by atoms with E-state index in [0.717, 1.165) is 47.9 Å². The fraction of sp³-hybridized carbons (Fsp3) is 0.360. The minimum Gasteiger partial charge on any atom is -0.340 e. The lowest BCUT2D eigenvalue weighted by Gasteiger charge is -2.34. The Balaban J connectivity index is 1.07. The van der Waals surface area contributed by atoms with Gasteiger partial charge in [0.1, 0.15) is 5.01 Å². The van der Waals surface area contributed by atoms with Gasteiger partial charge in [0.05, 0.1) is 29.0 Å². The van der Waals surface area contributed by atoms with Gasteiger partial charge in [-0.25, -0.2) is 9.99 Å². The lowest BCUT2D eigenvalue weighted by Crippen LogP contribution is -2.48. The van der Waals surface area contributed by atoms with E-state index < -0.39 is 0 Å². The third kappa shape index (κ3) is 5.12. The van der Waals surface area contributed by atoms with Crippen molar-refractivity contribution in [1.29, 1.82) is 0 Å². The van der Waals surface area contributed by atoms with Gasteiger partial charge in [0.25, 0.3) is 0 Å². The van der Waals surface area contributed by atoms with Gasteiger partial charge in [-0.3, -0.25) is 14.5 Å². The van der Waals surface area contributed by atoms with E-state index in [-0.39, 0.29) is 24.7 Å². The van der Waals surface area contributed by atoms with Crippen LogP contribution in [0.2, 0.25) is 0 Å². The molecule has 3 heterocycles. The van der Waals surface area contributed by atoms with Crippen LogP contribution >= 0.6 is 11.3 Å². The number of fused-ring (bicyclic) bond motifs is 1. The highest BCUT2D eigenvalue weighted by molar-refractivity contribution is 7.18. The monoisotopic (exact) mass is 461 g/mol. The van der Waals surface area contributed by atoms with Gasteiger partial charge in [-0.15, -0.1) is 11.3 Å². The van der Waals surface area contributed by atoms with Gasteiger partial charge in [0.15, 0.2) is 0 Å². The summed E-state index contributed by atoms with van der Waals surface area (Å²) in [4.78, 5) is 34.2. The van der Waals surface area contributed by atoms with Crippen LogP contribution in [0.4, 0.5) is 0 Å². The van der Waals surface area contributed by atoms with Gasteiger partial charge >= 0.3 is 0 Å². The summed E-state index contributed by atoms with van der Waals surface area (Å²) in [6, 6.07) is 18.1. The molecular formula is C25H27N5O2S. The van der Waals surface area contributed by atoms with Crippen molar-refractivity contribution in [2.24, 2.45) is 5.10 Å². The van der Waals surface area contributed by atoms with E-state index in [2.05, 4.69) is 16.1 Å². The van der Waals surface area contributed by atoms with Crippen LogP contribution in [-0.2, 0) is 16.1 Å². The van der Waals surface area contributed by atoms with Crippen molar-refractivity contribution in [3.63, 3.8) is 0 Å². The smallest absolute Gasteiger partial charge is 0.243 e. The third-order valence-electron chi connectivity index (χ3n) is 6.17. The zero-order valence-corrected chi connectivity index (χ0v) is 19.3. The van der Waals surface area contributed by atoms with Crippen LogP contribution in [0.15, 0.2) is 59.7 Å². The van der Waals surface area contributed by atoms with Crippen LogP contribution in [0.25, 0.3) is 10.2 Å². The third-order valence-corrected chi connectivity index (χ3v) is 7.19. The Morgan fingerprint density at radius 3 is 2.36 bits per heavy atom. The van der Waals surface area contributed by atoms with Gasteiger partial charge in [-0.2, -0.15) is 5.10 Å². The van der Waals surface area contributed by atoms with Crippen LogP contribution in [0.5, 0.6) is 0 Å². The molecule has 0 bridgehead atoms. The Hall–Kier alpha value is -3.10. The molecule has 0 atom stereocenters. The molecule has 3 aromatic rings. The Kier molecular flexibility index (Phi) is 6.46. The van der Waals surface area contributed by atoms with E-state index in [1.54, 1.807) is 11.3 Å². The van der Waals surface area contributed by atoms with Crippen molar-refractivity contribution in [2.75, 3.05) is 32.7 Å². The fourth-order valence-electron chi connectivity index (χ4n) is 4.31. The van der Waals surface area contributed by atoms with E-state index in [0.29, 0.717) is 19.6 Å². The maximum atomic E-state index is 12.7. The second-order valence-electron chi connectivity index (χ2n) is 8.41. The molecule has 0 unspecified atom stereocenters. The number of hydrazone groups is 1. The molecule has 2 aliphatic heterocycles. The van der Waals surface area contributed by atoms with E-state index in [4.69, 9.17) is 4.98 Å². The summed E-state index contributed by atoms with van der Waals surface area (Å²) in [5.41, 5.74) is 3.03. The molecule has 0 saturated carbocycles. The first-order valence-electron chi connectivity index (χ1n) is 11.4. The number of aromatic nitrogens is 1. The number of rotatable bonds is 6. The van der Waals surface area contributed by atoms with Crippen molar-refractivity contribution < 1.29 is 9.59 Å². The Morgan fingerprint density at radius 2 is 1.58 bits per heavy atom. The standard InChI is InChI=1S/C25H27N5O2S/c31-24(10-11-25(32)30-13-12-20(27-30)19-6-2-1-3-7-19)29-16-14-28(15-17-29)18-23-26-21-8-4-5-9-22(21)33-23/h1-9H,10-18H2. The minimum absolute atomic E-state index is 0.0504. The number of carbonyl (C=O) groups excluding carboxylic acids is 2. The topological polar surface area (TPSA) is 69.1 Å². The SMILES string of the molecule is O=C(CCC(=O)N1CCC(c2ccccc2)=N1)N1CCN(Cc2nc3ccccc3s2)CC1. The average Bonchev–Trinajstić information content (AvgIpc) is 3.50. The molecule has 2 aromatic carbocycles. The number of para-hydroxylation sites is 1. The predicted molar refractivity (Wildman–Crippen MR) is 130 cm³/mol. The molecule has 0 radical (unpaired) electrons.